The van der Waals surface area contributed by atoms with Crippen molar-refractivity contribution < 1.29 is 9.53 Å². The topological polar surface area (TPSA) is 41.6 Å². The van der Waals surface area contributed by atoms with E-state index in [1.54, 1.807) is 0 Å². The molecule has 2 rings (SSSR count). The SMILES string of the molecule is CC1CNCC(C)N1C(=O)CC1CCCO1. The summed E-state index contributed by atoms with van der Waals surface area (Å²) >= 11 is 0. The molecular formula is C12H22N2O2. The number of carbonyl (C=O) groups excluding carboxylic acids is 1. The zero-order valence-corrected chi connectivity index (χ0v) is 10.2. The molecule has 0 spiro atoms. The molecule has 0 aromatic rings. The normalized spacial score (nSPS) is 35.4. The van der Waals surface area contributed by atoms with Crippen LogP contribution in [0.15, 0.2) is 0 Å². The second-order valence-electron chi connectivity index (χ2n) is 5.00. The van der Waals surface area contributed by atoms with E-state index in [-0.39, 0.29) is 12.0 Å². The first-order chi connectivity index (χ1) is 7.68. The van der Waals surface area contributed by atoms with Crippen molar-refractivity contribution in [2.24, 2.45) is 0 Å². The van der Waals surface area contributed by atoms with E-state index in [4.69, 9.17) is 4.74 Å². The molecule has 0 bridgehead atoms. The molecule has 1 amide bonds. The summed E-state index contributed by atoms with van der Waals surface area (Å²) in [5.41, 5.74) is 0. The standard InChI is InChI=1S/C12H22N2O2/c1-9-7-13-8-10(2)14(9)12(15)6-11-4-3-5-16-11/h9-11,13H,3-8H2,1-2H3. The fraction of sp³-hybridized carbons (Fsp3) is 0.917. The van der Waals surface area contributed by atoms with Crippen LogP contribution in [0.2, 0.25) is 0 Å². The van der Waals surface area contributed by atoms with Gasteiger partial charge in [0.15, 0.2) is 0 Å². The van der Waals surface area contributed by atoms with E-state index in [0.29, 0.717) is 18.5 Å². The van der Waals surface area contributed by atoms with Crippen molar-refractivity contribution in [3.05, 3.63) is 0 Å². The van der Waals surface area contributed by atoms with Crippen LogP contribution in [0, 0.1) is 0 Å². The second-order valence-corrected chi connectivity index (χ2v) is 5.00. The molecule has 1 N–H and O–H groups in total. The minimum Gasteiger partial charge on any atom is -0.378 e. The molecule has 2 aliphatic heterocycles. The number of ether oxygens (including phenoxy) is 1. The van der Waals surface area contributed by atoms with Crippen LogP contribution in [0.4, 0.5) is 0 Å². The summed E-state index contributed by atoms with van der Waals surface area (Å²) in [7, 11) is 0. The van der Waals surface area contributed by atoms with Crippen molar-refractivity contribution in [2.45, 2.75) is 51.3 Å². The van der Waals surface area contributed by atoms with E-state index in [0.717, 1.165) is 32.5 Å². The predicted molar refractivity (Wildman–Crippen MR) is 62.2 cm³/mol. The molecule has 4 nitrogen and oxygen atoms in total. The van der Waals surface area contributed by atoms with Crippen LogP contribution in [0.25, 0.3) is 0 Å². The van der Waals surface area contributed by atoms with Crippen LogP contribution in [-0.2, 0) is 9.53 Å². The summed E-state index contributed by atoms with van der Waals surface area (Å²) in [6.07, 6.45) is 2.88. The molecule has 0 aromatic carbocycles. The Hall–Kier alpha value is -0.610. The third-order valence-electron chi connectivity index (χ3n) is 3.54. The summed E-state index contributed by atoms with van der Waals surface area (Å²) in [6, 6.07) is 0.607. The van der Waals surface area contributed by atoms with E-state index in [2.05, 4.69) is 19.2 Å². The summed E-state index contributed by atoms with van der Waals surface area (Å²) in [4.78, 5) is 14.2. The Labute approximate surface area is 97.3 Å². The first-order valence-corrected chi connectivity index (χ1v) is 6.32. The van der Waals surface area contributed by atoms with Crippen LogP contribution >= 0.6 is 0 Å². The number of rotatable bonds is 2. The lowest BCUT2D eigenvalue weighted by Gasteiger charge is -2.40. The molecule has 0 aliphatic carbocycles. The highest BCUT2D eigenvalue weighted by atomic mass is 16.5. The summed E-state index contributed by atoms with van der Waals surface area (Å²) in [5, 5.41) is 3.34. The molecule has 2 aliphatic rings. The van der Waals surface area contributed by atoms with Crippen LogP contribution < -0.4 is 5.32 Å². The van der Waals surface area contributed by atoms with Gasteiger partial charge in [-0.25, -0.2) is 0 Å². The highest BCUT2D eigenvalue weighted by Gasteiger charge is 2.30. The quantitative estimate of drug-likeness (QED) is 0.756. The van der Waals surface area contributed by atoms with Crippen LogP contribution in [0.5, 0.6) is 0 Å². The molecule has 0 aromatic heterocycles. The Morgan fingerprint density at radius 2 is 2.06 bits per heavy atom. The lowest BCUT2D eigenvalue weighted by Crippen LogP contribution is -2.57. The van der Waals surface area contributed by atoms with Gasteiger partial charge in [0.2, 0.25) is 5.91 Å². The zero-order valence-electron chi connectivity index (χ0n) is 10.2. The van der Waals surface area contributed by atoms with E-state index < -0.39 is 0 Å². The molecule has 3 atom stereocenters. The van der Waals surface area contributed by atoms with Crippen molar-refractivity contribution in [2.75, 3.05) is 19.7 Å². The summed E-state index contributed by atoms with van der Waals surface area (Å²) in [6.45, 7) is 6.85. The Kier molecular flexibility index (Phi) is 3.82. The first-order valence-electron chi connectivity index (χ1n) is 6.32. The van der Waals surface area contributed by atoms with Gasteiger partial charge in [-0.15, -0.1) is 0 Å². The lowest BCUT2D eigenvalue weighted by molar-refractivity contribution is -0.138. The van der Waals surface area contributed by atoms with Crippen LogP contribution in [0.3, 0.4) is 0 Å². The van der Waals surface area contributed by atoms with Gasteiger partial charge in [-0.05, 0) is 26.7 Å². The number of hydrogen-bond acceptors (Lipinski definition) is 3. The Morgan fingerprint density at radius 1 is 1.38 bits per heavy atom. The van der Waals surface area contributed by atoms with Crippen molar-refractivity contribution in [3.8, 4) is 0 Å². The summed E-state index contributed by atoms with van der Waals surface area (Å²) < 4.78 is 5.52. The average molecular weight is 226 g/mol. The van der Waals surface area contributed by atoms with Gasteiger partial charge in [-0.3, -0.25) is 4.79 Å². The van der Waals surface area contributed by atoms with E-state index in [9.17, 15) is 4.79 Å². The minimum atomic E-state index is 0.168. The van der Waals surface area contributed by atoms with Crippen LogP contribution in [0.1, 0.15) is 33.1 Å². The van der Waals surface area contributed by atoms with Crippen molar-refractivity contribution in [1.82, 2.24) is 10.2 Å². The molecule has 16 heavy (non-hydrogen) atoms. The molecule has 2 fully saturated rings. The number of nitrogens with zero attached hydrogens (tertiary/aromatic N) is 1. The zero-order chi connectivity index (χ0) is 11.5. The molecule has 2 saturated heterocycles. The molecule has 92 valence electrons. The number of amides is 1. The highest BCUT2D eigenvalue weighted by Crippen LogP contribution is 2.19. The fourth-order valence-electron chi connectivity index (χ4n) is 2.73. The van der Waals surface area contributed by atoms with E-state index in [1.165, 1.54) is 0 Å². The van der Waals surface area contributed by atoms with Crippen molar-refractivity contribution >= 4 is 5.91 Å². The number of nitrogens with one attached hydrogen (secondary N) is 1. The fourth-order valence-corrected chi connectivity index (χ4v) is 2.73. The van der Waals surface area contributed by atoms with E-state index >= 15 is 0 Å². The Balaban J connectivity index is 1.90. The first kappa shape index (κ1) is 11.9. The van der Waals surface area contributed by atoms with Gasteiger partial charge in [0, 0.05) is 31.8 Å². The van der Waals surface area contributed by atoms with Crippen LogP contribution in [-0.4, -0.2) is 48.7 Å². The van der Waals surface area contributed by atoms with Gasteiger partial charge >= 0.3 is 0 Å². The Morgan fingerprint density at radius 3 is 2.62 bits per heavy atom. The van der Waals surface area contributed by atoms with E-state index in [1.807, 2.05) is 4.90 Å². The second kappa shape index (κ2) is 5.15. The molecule has 4 heteroatoms. The number of carbonyl (C=O) groups is 1. The number of hydrogen-bond donors (Lipinski definition) is 1. The van der Waals surface area contributed by atoms with Gasteiger partial charge in [0.25, 0.3) is 0 Å². The largest absolute Gasteiger partial charge is 0.378 e. The van der Waals surface area contributed by atoms with Gasteiger partial charge < -0.3 is 15.0 Å². The monoisotopic (exact) mass is 226 g/mol. The molecule has 2 heterocycles. The maximum absolute atomic E-state index is 12.2. The number of piperazine rings is 1. The van der Waals surface area contributed by atoms with Gasteiger partial charge in [-0.1, -0.05) is 0 Å². The van der Waals surface area contributed by atoms with Crippen molar-refractivity contribution in [3.63, 3.8) is 0 Å². The molecule has 3 unspecified atom stereocenters. The third kappa shape index (κ3) is 2.55. The van der Waals surface area contributed by atoms with Gasteiger partial charge in [0.05, 0.1) is 12.5 Å². The predicted octanol–water partition coefficient (Wildman–Crippen LogP) is 0.764. The minimum absolute atomic E-state index is 0.168. The molecular weight excluding hydrogens is 204 g/mol. The lowest BCUT2D eigenvalue weighted by atomic mass is 10.1. The van der Waals surface area contributed by atoms with Gasteiger partial charge in [0.1, 0.15) is 0 Å². The highest BCUT2D eigenvalue weighted by molar-refractivity contribution is 5.77. The van der Waals surface area contributed by atoms with Gasteiger partial charge in [-0.2, -0.15) is 0 Å². The third-order valence-corrected chi connectivity index (χ3v) is 3.54. The Bertz CT molecular complexity index is 241. The maximum atomic E-state index is 12.2. The van der Waals surface area contributed by atoms with Crippen molar-refractivity contribution in [1.29, 1.82) is 0 Å². The smallest absolute Gasteiger partial charge is 0.225 e. The summed E-state index contributed by atoms with van der Waals surface area (Å²) in [5.74, 6) is 0.258. The molecule has 0 radical (unpaired) electrons. The molecule has 0 saturated carbocycles. The average Bonchev–Trinajstić information content (AvgIpc) is 2.70. The maximum Gasteiger partial charge on any atom is 0.225 e.